The molecule has 0 radical (unpaired) electrons. The third-order valence-electron chi connectivity index (χ3n) is 4.92. The molecule has 124 valence electrons. The Morgan fingerprint density at radius 1 is 1.12 bits per heavy atom. The standard InChI is InChI=1S/C19H21N3OS/c1-13-9-15-4-5-17(23-2)11-16(15)7-8-22(13)12-14-3-6-18-19(10-14)21-24-20-18/h3-6,10-11,13H,7-9,12H2,1-2H3/t13-/m1/s1. The summed E-state index contributed by atoms with van der Waals surface area (Å²) in [6, 6.07) is 13.4. The molecule has 0 unspecified atom stereocenters. The Labute approximate surface area is 146 Å². The van der Waals surface area contributed by atoms with Gasteiger partial charge in [-0.05, 0) is 60.7 Å². The molecule has 0 spiro atoms. The molecular weight excluding hydrogens is 318 g/mol. The molecule has 0 N–H and O–H groups in total. The number of nitrogens with zero attached hydrogens (tertiary/aromatic N) is 3. The van der Waals surface area contributed by atoms with Gasteiger partial charge in [-0.1, -0.05) is 12.1 Å². The van der Waals surface area contributed by atoms with E-state index in [1.807, 2.05) is 0 Å². The lowest BCUT2D eigenvalue weighted by molar-refractivity contribution is 0.208. The maximum Gasteiger partial charge on any atom is 0.119 e. The Hall–Kier alpha value is -1.98. The summed E-state index contributed by atoms with van der Waals surface area (Å²) in [4.78, 5) is 2.56. The van der Waals surface area contributed by atoms with Crippen LogP contribution in [0.25, 0.3) is 11.0 Å². The third kappa shape index (κ3) is 3.01. The first kappa shape index (κ1) is 15.5. The van der Waals surface area contributed by atoms with Gasteiger partial charge in [0.25, 0.3) is 0 Å². The molecule has 4 rings (SSSR count). The zero-order valence-electron chi connectivity index (χ0n) is 14.0. The second kappa shape index (κ2) is 6.49. The molecule has 1 atom stereocenters. The summed E-state index contributed by atoms with van der Waals surface area (Å²) in [5, 5.41) is 0. The van der Waals surface area contributed by atoms with Crippen molar-refractivity contribution in [2.75, 3.05) is 13.7 Å². The average molecular weight is 339 g/mol. The number of rotatable bonds is 3. The van der Waals surface area contributed by atoms with Crippen LogP contribution in [0, 0.1) is 0 Å². The van der Waals surface area contributed by atoms with Gasteiger partial charge in [0.1, 0.15) is 16.8 Å². The van der Waals surface area contributed by atoms with Gasteiger partial charge in [0.15, 0.2) is 0 Å². The summed E-state index contributed by atoms with van der Waals surface area (Å²) in [7, 11) is 1.73. The van der Waals surface area contributed by atoms with Crippen LogP contribution in [-0.4, -0.2) is 33.3 Å². The van der Waals surface area contributed by atoms with Crippen molar-refractivity contribution >= 4 is 22.8 Å². The minimum Gasteiger partial charge on any atom is -0.497 e. The van der Waals surface area contributed by atoms with Gasteiger partial charge in [0.05, 0.1) is 18.8 Å². The van der Waals surface area contributed by atoms with E-state index in [4.69, 9.17) is 4.74 Å². The third-order valence-corrected chi connectivity index (χ3v) is 5.48. The van der Waals surface area contributed by atoms with Gasteiger partial charge in [-0.25, -0.2) is 0 Å². The highest BCUT2D eigenvalue weighted by Crippen LogP contribution is 2.25. The molecule has 5 heteroatoms. The summed E-state index contributed by atoms with van der Waals surface area (Å²) in [5.74, 6) is 0.955. The first-order chi connectivity index (χ1) is 11.7. The zero-order chi connectivity index (χ0) is 16.5. The van der Waals surface area contributed by atoms with Crippen LogP contribution in [0.15, 0.2) is 36.4 Å². The average Bonchev–Trinajstić information content (AvgIpc) is 3.01. The minimum atomic E-state index is 0.518. The van der Waals surface area contributed by atoms with E-state index in [0.29, 0.717) is 6.04 Å². The van der Waals surface area contributed by atoms with Crippen molar-refractivity contribution in [1.82, 2.24) is 13.6 Å². The molecule has 3 aromatic rings. The molecule has 1 aromatic heterocycles. The predicted molar refractivity (Wildman–Crippen MR) is 97.7 cm³/mol. The quantitative estimate of drug-likeness (QED) is 0.729. The molecule has 0 bridgehead atoms. The normalized spacial score (nSPS) is 18.3. The lowest BCUT2D eigenvalue weighted by atomic mass is 10.0. The Morgan fingerprint density at radius 3 is 2.88 bits per heavy atom. The maximum absolute atomic E-state index is 5.38. The van der Waals surface area contributed by atoms with Crippen molar-refractivity contribution in [1.29, 1.82) is 0 Å². The lowest BCUT2D eigenvalue weighted by Crippen LogP contribution is -2.33. The molecular formula is C19H21N3OS. The van der Waals surface area contributed by atoms with Gasteiger partial charge in [-0.15, -0.1) is 0 Å². The highest BCUT2D eigenvalue weighted by molar-refractivity contribution is 7.00. The van der Waals surface area contributed by atoms with Crippen LogP contribution < -0.4 is 4.74 Å². The van der Waals surface area contributed by atoms with Crippen LogP contribution in [0.3, 0.4) is 0 Å². The summed E-state index contributed by atoms with van der Waals surface area (Å²) < 4.78 is 14.0. The van der Waals surface area contributed by atoms with E-state index in [0.717, 1.165) is 42.7 Å². The molecule has 1 aliphatic rings. The topological polar surface area (TPSA) is 38.2 Å². The summed E-state index contributed by atoms with van der Waals surface area (Å²) in [5.41, 5.74) is 6.18. The summed E-state index contributed by atoms with van der Waals surface area (Å²) in [6.45, 7) is 4.34. The molecule has 0 fully saturated rings. The van der Waals surface area contributed by atoms with E-state index < -0.39 is 0 Å². The van der Waals surface area contributed by atoms with Gasteiger partial charge >= 0.3 is 0 Å². The first-order valence-corrected chi connectivity index (χ1v) is 9.07. The predicted octanol–water partition coefficient (Wildman–Crippen LogP) is 3.69. The molecule has 0 saturated heterocycles. The first-order valence-electron chi connectivity index (χ1n) is 8.34. The van der Waals surface area contributed by atoms with Gasteiger partial charge in [-0.3, -0.25) is 4.90 Å². The number of methoxy groups -OCH3 is 1. The SMILES string of the molecule is COc1ccc2c(c1)CCN(Cc1ccc3nsnc3c1)[C@H](C)C2. The number of hydrogen-bond acceptors (Lipinski definition) is 5. The Bertz CT molecular complexity index is 861. The van der Waals surface area contributed by atoms with Gasteiger partial charge in [0.2, 0.25) is 0 Å². The van der Waals surface area contributed by atoms with Crippen LogP contribution in [0.4, 0.5) is 0 Å². The highest BCUT2D eigenvalue weighted by Gasteiger charge is 2.21. The highest BCUT2D eigenvalue weighted by atomic mass is 32.1. The Kier molecular flexibility index (Phi) is 4.21. The van der Waals surface area contributed by atoms with Gasteiger partial charge in [-0.2, -0.15) is 8.75 Å². The fourth-order valence-electron chi connectivity index (χ4n) is 3.49. The number of aromatic nitrogens is 2. The van der Waals surface area contributed by atoms with E-state index in [1.165, 1.54) is 28.4 Å². The molecule has 24 heavy (non-hydrogen) atoms. The van der Waals surface area contributed by atoms with Crippen molar-refractivity contribution in [3.63, 3.8) is 0 Å². The van der Waals surface area contributed by atoms with Crippen LogP contribution >= 0.6 is 11.7 Å². The van der Waals surface area contributed by atoms with Crippen molar-refractivity contribution in [2.45, 2.75) is 32.4 Å². The molecule has 0 aliphatic carbocycles. The second-order valence-electron chi connectivity index (χ2n) is 6.50. The van der Waals surface area contributed by atoms with E-state index in [1.54, 1.807) is 7.11 Å². The van der Waals surface area contributed by atoms with Crippen LogP contribution in [-0.2, 0) is 19.4 Å². The molecule has 4 nitrogen and oxygen atoms in total. The summed E-state index contributed by atoms with van der Waals surface area (Å²) in [6.07, 6.45) is 2.15. The molecule has 1 aliphatic heterocycles. The van der Waals surface area contributed by atoms with Crippen LogP contribution in [0.2, 0.25) is 0 Å². The number of ether oxygens (including phenoxy) is 1. The van der Waals surface area contributed by atoms with Crippen molar-refractivity contribution in [3.8, 4) is 5.75 Å². The lowest BCUT2D eigenvalue weighted by Gasteiger charge is -2.27. The zero-order valence-corrected chi connectivity index (χ0v) is 14.8. The van der Waals surface area contributed by atoms with Crippen LogP contribution in [0.1, 0.15) is 23.6 Å². The largest absolute Gasteiger partial charge is 0.497 e. The number of hydrogen-bond donors (Lipinski definition) is 0. The van der Waals surface area contributed by atoms with Crippen molar-refractivity contribution < 1.29 is 4.74 Å². The molecule has 2 heterocycles. The number of fused-ring (bicyclic) bond motifs is 2. The van der Waals surface area contributed by atoms with E-state index in [-0.39, 0.29) is 0 Å². The maximum atomic E-state index is 5.38. The summed E-state index contributed by atoms with van der Waals surface area (Å²) >= 11 is 1.28. The minimum absolute atomic E-state index is 0.518. The monoisotopic (exact) mass is 339 g/mol. The van der Waals surface area contributed by atoms with Gasteiger partial charge < -0.3 is 4.74 Å². The Balaban J connectivity index is 1.54. The Morgan fingerprint density at radius 2 is 2.00 bits per heavy atom. The van der Waals surface area contributed by atoms with Crippen LogP contribution in [0.5, 0.6) is 5.75 Å². The second-order valence-corrected chi connectivity index (χ2v) is 7.02. The fourth-order valence-corrected chi connectivity index (χ4v) is 4.01. The smallest absolute Gasteiger partial charge is 0.119 e. The molecule has 0 amide bonds. The molecule has 2 aromatic carbocycles. The van der Waals surface area contributed by atoms with E-state index in [9.17, 15) is 0 Å². The van der Waals surface area contributed by atoms with E-state index >= 15 is 0 Å². The van der Waals surface area contributed by atoms with Crippen molar-refractivity contribution in [2.24, 2.45) is 0 Å². The van der Waals surface area contributed by atoms with E-state index in [2.05, 4.69) is 57.0 Å². The number of benzene rings is 2. The fraction of sp³-hybridized carbons (Fsp3) is 0.368. The molecule has 0 saturated carbocycles. The van der Waals surface area contributed by atoms with Gasteiger partial charge in [0, 0.05) is 19.1 Å². The van der Waals surface area contributed by atoms with Crippen molar-refractivity contribution in [3.05, 3.63) is 53.1 Å².